The average Bonchev–Trinajstić information content (AvgIpc) is 2.40. The van der Waals surface area contributed by atoms with Crippen molar-refractivity contribution in [2.45, 2.75) is 37.2 Å². The first kappa shape index (κ1) is 14.6. The minimum absolute atomic E-state index is 0.0341. The number of hydrogen-bond acceptors (Lipinski definition) is 3. The zero-order valence-corrected chi connectivity index (χ0v) is 12.2. The van der Waals surface area contributed by atoms with E-state index in [0.29, 0.717) is 12.0 Å². The van der Waals surface area contributed by atoms with Crippen LogP contribution in [0.1, 0.15) is 25.7 Å². The van der Waals surface area contributed by atoms with Crippen molar-refractivity contribution in [2.75, 3.05) is 7.05 Å². The van der Waals surface area contributed by atoms with Gasteiger partial charge in [-0.1, -0.05) is 29.6 Å². The molecule has 2 aliphatic rings. The standard InChI is InChI=1S/C13H16Cl2FN3/c1-19-12(14)9(6-17)10(11(16)13(19)15)7-3-2-4-8(18)5-7/h7-8,12H,2-5,18H2,1H3/t7-,8+,12?/m0/s1. The van der Waals surface area contributed by atoms with Gasteiger partial charge in [0.25, 0.3) is 0 Å². The fourth-order valence-electron chi connectivity index (χ4n) is 2.81. The van der Waals surface area contributed by atoms with Crippen molar-refractivity contribution in [2.24, 2.45) is 11.7 Å². The van der Waals surface area contributed by atoms with E-state index >= 15 is 0 Å². The summed E-state index contributed by atoms with van der Waals surface area (Å²) in [4.78, 5) is 1.36. The zero-order chi connectivity index (χ0) is 14.2. The van der Waals surface area contributed by atoms with Crippen molar-refractivity contribution in [1.29, 1.82) is 5.26 Å². The number of likely N-dealkylation sites (N-methyl/N-ethyl adjacent to an activating group) is 1. The molecule has 0 radical (unpaired) electrons. The third-order valence-electron chi connectivity index (χ3n) is 3.84. The van der Waals surface area contributed by atoms with Crippen molar-refractivity contribution < 1.29 is 4.39 Å². The van der Waals surface area contributed by atoms with Crippen LogP contribution in [0, 0.1) is 17.2 Å². The van der Waals surface area contributed by atoms with Crippen molar-refractivity contribution in [3.63, 3.8) is 0 Å². The predicted molar refractivity (Wildman–Crippen MR) is 74.0 cm³/mol. The molecule has 0 bridgehead atoms. The smallest absolute Gasteiger partial charge is 0.162 e. The lowest BCUT2D eigenvalue weighted by molar-refractivity contribution is 0.336. The number of halogens is 3. The van der Waals surface area contributed by atoms with E-state index in [-0.39, 0.29) is 22.7 Å². The van der Waals surface area contributed by atoms with Gasteiger partial charge in [-0.15, -0.1) is 0 Å². The second-order valence-electron chi connectivity index (χ2n) is 5.11. The fourth-order valence-corrected chi connectivity index (χ4v) is 3.32. The topological polar surface area (TPSA) is 53.0 Å². The summed E-state index contributed by atoms with van der Waals surface area (Å²) in [5.74, 6) is -0.598. The van der Waals surface area contributed by atoms with Gasteiger partial charge in [-0.2, -0.15) is 5.26 Å². The predicted octanol–water partition coefficient (Wildman–Crippen LogP) is 3.21. The van der Waals surface area contributed by atoms with Crippen LogP contribution < -0.4 is 5.73 Å². The van der Waals surface area contributed by atoms with Crippen LogP contribution in [-0.2, 0) is 0 Å². The molecule has 3 atom stereocenters. The summed E-state index contributed by atoms with van der Waals surface area (Å²) in [7, 11) is 1.57. The Bertz CT molecular complexity index is 481. The molecule has 0 saturated heterocycles. The Kier molecular flexibility index (Phi) is 4.39. The van der Waals surface area contributed by atoms with E-state index in [4.69, 9.17) is 28.9 Å². The Balaban J connectivity index is 2.44. The summed E-state index contributed by atoms with van der Waals surface area (Å²) in [6.07, 6.45) is 3.36. The quantitative estimate of drug-likeness (QED) is 0.598. The molecule has 2 rings (SSSR count). The first-order valence-electron chi connectivity index (χ1n) is 6.29. The Morgan fingerprint density at radius 3 is 2.74 bits per heavy atom. The summed E-state index contributed by atoms with van der Waals surface area (Å²) >= 11 is 12.1. The van der Waals surface area contributed by atoms with Gasteiger partial charge in [-0.05, 0) is 25.2 Å². The molecule has 1 aliphatic carbocycles. The maximum Gasteiger partial charge on any atom is 0.162 e. The molecule has 0 spiro atoms. The maximum absolute atomic E-state index is 14.4. The monoisotopic (exact) mass is 303 g/mol. The number of rotatable bonds is 1. The molecule has 104 valence electrons. The lowest BCUT2D eigenvalue weighted by atomic mass is 9.78. The largest absolute Gasteiger partial charge is 0.342 e. The van der Waals surface area contributed by atoms with Gasteiger partial charge in [-0.3, -0.25) is 0 Å². The van der Waals surface area contributed by atoms with Gasteiger partial charge in [-0.25, -0.2) is 4.39 Å². The normalized spacial score (nSPS) is 32.6. The van der Waals surface area contributed by atoms with Crippen LogP contribution in [0.15, 0.2) is 22.1 Å². The van der Waals surface area contributed by atoms with E-state index in [1.807, 2.05) is 6.07 Å². The molecule has 0 aromatic heterocycles. The summed E-state index contributed by atoms with van der Waals surface area (Å²) < 4.78 is 14.4. The summed E-state index contributed by atoms with van der Waals surface area (Å²) in [6, 6.07) is 2.08. The highest BCUT2D eigenvalue weighted by Crippen LogP contribution is 2.43. The average molecular weight is 304 g/mol. The number of nitriles is 1. The Morgan fingerprint density at radius 1 is 1.47 bits per heavy atom. The maximum atomic E-state index is 14.4. The minimum atomic E-state index is -0.717. The molecule has 1 aliphatic heterocycles. The van der Waals surface area contributed by atoms with Crippen LogP contribution in [-0.4, -0.2) is 23.5 Å². The third kappa shape index (κ3) is 2.60. The van der Waals surface area contributed by atoms with E-state index in [0.717, 1.165) is 19.3 Å². The van der Waals surface area contributed by atoms with E-state index in [9.17, 15) is 9.65 Å². The van der Waals surface area contributed by atoms with Crippen LogP contribution in [0.5, 0.6) is 0 Å². The molecule has 2 N–H and O–H groups in total. The first-order chi connectivity index (χ1) is 8.97. The Morgan fingerprint density at radius 2 is 2.16 bits per heavy atom. The molecular weight excluding hydrogens is 288 g/mol. The van der Waals surface area contributed by atoms with Gasteiger partial charge in [0.2, 0.25) is 0 Å². The van der Waals surface area contributed by atoms with Crippen molar-refractivity contribution in [3.05, 3.63) is 22.1 Å². The molecule has 1 saturated carbocycles. The number of hydrogen-bond donors (Lipinski definition) is 1. The number of alkyl halides is 1. The molecular formula is C13H16Cl2FN3. The van der Waals surface area contributed by atoms with Crippen molar-refractivity contribution in [3.8, 4) is 6.07 Å². The lowest BCUT2D eigenvalue weighted by Crippen LogP contribution is -2.35. The third-order valence-corrected chi connectivity index (χ3v) is 4.78. The highest BCUT2D eigenvalue weighted by Gasteiger charge is 2.36. The van der Waals surface area contributed by atoms with Gasteiger partial charge >= 0.3 is 0 Å². The van der Waals surface area contributed by atoms with Crippen LogP contribution in [0.3, 0.4) is 0 Å². The zero-order valence-electron chi connectivity index (χ0n) is 10.7. The molecule has 0 aromatic rings. The van der Waals surface area contributed by atoms with E-state index in [2.05, 4.69) is 0 Å². The van der Waals surface area contributed by atoms with Crippen molar-refractivity contribution in [1.82, 2.24) is 4.90 Å². The molecule has 3 nitrogen and oxygen atoms in total. The van der Waals surface area contributed by atoms with Crippen LogP contribution >= 0.6 is 23.2 Å². The second kappa shape index (κ2) is 5.70. The molecule has 0 aromatic carbocycles. The molecule has 1 heterocycles. The Hall–Kier alpha value is -0.760. The molecule has 6 heteroatoms. The van der Waals surface area contributed by atoms with Gasteiger partial charge < -0.3 is 10.6 Å². The van der Waals surface area contributed by atoms with Crippen molar-refractivity contribution >= 4 is 23.2 Å². The van der Waals surface area contributed by atoms with Gasteiger partial charge in [0, 0.05) is 18.7 Å². The van der Waals surface area contributed by atoms with Crippen LogP contribution in [0.25, 0.3) is 0 Å². The van der Waals surface area contributed by atoms with Crippen LogP contribution in [0.2, 0.25) is 0 Å². The summed E-state index contributed by atoms with van der Waals surface area (Å²) in [5, 5.41) is 9.23. The van der Waals surface area contributed by atoms with E-state index in [1.54, 1.807) is 7.05 Å². The number of nitrogens with zero attached hydrogens (tertiary/aromatic N) is 2. The lowest BCUT2D eigenvalue weighted by Gasteiger charge is -2.35. The van der Waals surface area contributed by atoms with Gasteiger partial charge in [0.05, 0.1) is 11.6 Å². The highest BCUT2D eigenvalue weighted by molar-refractivity contribution is 6.31. The highest BCUT2D eigenvalue weighted by atomic mass is 35.5. The second-order valence-corrected chi connectivity index (χ2v) is 5.89. The number of nitrogens with two attached hydrogens (primary N) is 1. The van der Waals surface area contributed by atoms with Gasteiger partial charge in [0.15, 0.2) is 5.83 Å². The van der Waals surface area contributed by atoms with Crippen LogP contribution in [0.4, 0.5) is 4.39 Å². The number of allylic oxidation sites excluding steroid dienone is 2. The molecule has 0 amide bonds. The minimum Gasteiger partial charge on any atom is -0.342 e. The van der Waals surface area contributed by atoms with E-state index < -0.39 is 11.3 Å². The molecule has 1 fully saturated rings. The summed E-state index contributed by atoms with van der Waals surface area (Å²) in [6.45, 7) is 0. The fraction of sp³-hybridized carbons (Fsp3) is 0.615. The van der Waals surface area contributed by atoms with Gasteiger partial charge in [0.1, 0.15) is 10.7 Å². The SMILES string of the molecule is CN1C(Cl)=C(F)C([C@H]2CCC[C@@H](N)C2)=C(C#N)C1Cl. The Labute approximate surface area is 122 Å². The summed E-state index contributed by atoms with van der Waals surface area (Å²) in [5.41, 5.74) is 5.84. The molecule has 1 unspecified atom stereocenters. The first-order valence-corrected chi connectivity index (χ1v) is 7.11. The van der Waals surface area contributed by atoms with E-state index in [1.165, 1.54) is 4.90 Å². The molecule has 19 heavy (non-hydrogen) atoms.